The van der Waals surface area contributed by atoms with Gasteiger partial charge in [0.1, 0.15) is 0 Å². The van der Waals surface area contributed by atoms with Gasteiger partial charge in [-0.25, -0.2) is 0 Å². The predicted octanol–water partition coefficient (Wildman–Crippen LogP) is 2.44. The smallest absolute Gasteiger partial charge is 0.221 e. The van der Waals surface area contributed by atoms with Gasteiger partial charge in [-0.05, 0) is 23.9 Å². The molecule has 0 bridgehead atoms. The van der Waals surface area contributed by atoms with Crippen molar-refractivity contribution in [2.24, 2.45) is 11.8 Å². The molecule has 0 N–H and O–H groups in total. The summed E-state index contributed by atoms with van der Waals surface area (Å²) in [5.41, 5.74) is 0. The van der Waals surface area contributed by atoms with E-state index in [4.69, 9.17) is 18.0 Å². The first-order valence-electron chi connectivity index (χ1n) is 3.70. The van der Waals surface area contributed by atoms with Crippen molar-refractivity contribution in [1.82, 2.24) is 0 Å². The predicted molar refractivity (Wildman–Crippen MR) is 47.3 cm³/mol. The van der Waals surface area contributed by atoms with Gasteiger partial charge in [-0.2, -0.15) is 0 Å². The number of terminal acetylenes is 1. The Balaban J connectivity index is 3.62. The molecule has 0 aliphatic heterocycles. The van der Waals surface area contributed by atoms with Gasteiger partial charge in [0, 0.05) is 12.3 Å². The Morgan fingerprint density at radius 3 is 2.55 bits per heavy atom. The summed E-state index contributed by atoms with van der Waals surface area (Å²) in [6, 6.07) is 0. The molecule has 62 valence electrons. The average Bonchev–Trinajstić information content (AvgIpc) is 1.85. The van der Waals surface area contributed by atoms with E-state index in [0.29, 0.717) is 12.3 Å². The highest BCUT2D eigenvalue weighted by Crippen LogP contribution is 2.15. The second kappa shape index (κ2) is 5.21. The van der Waals surface area contributed by atoms with Crippen LogP contribution < -0.4 is 0 Å². The van der Waals surface area contributed by atoms with Crippen LogP contribution in [0.2, 0.25) is 0 Å². The maximum atomic E-state index is 10.4. The Labute approximate surface area is 73.1 Å². The van der Waals surface area contributed by atoms with Crippen LogP contribution in [0, 0.1) is 24.2 Å². The number of carbonyl (C=O) groups is 1. The molecular formula is C9H13ClO. The molecule has 0 saturated carbocycles. The Hall–Kier alpha value is -0.480. The molecule has 2 unspecified atom stereocenters. The van der Waals surface area contributed by atoms with Crippen molar-refractivity contribution >= 4 is 16.8 Å². The molecule has 2 heteroatoms. The van der Waals surface area contributed by atoms with Gasteiger partial charge in [0.05, 0.1) is 0 Å². The zero-order valence-corrected chi connectivity index (χ0v) is 7.69. The lowest BCUT2D eigenvalue weighted by molar-refractivity contribution is -0.112. The first-order chi connectivity index (χ1) is 5.06. The van der Waals surface area contributed by atoms with E-state index in [1.165, 1.54) is 0 Å². The van der Waals surface area contributed by atoms with Gasteiger partial charge >= 0.3 is 0 Å². The molecule has 0 aliphatic carbocycles. The van der Waals surface area contributed by atoms with Gasteiger partial charge in [0.15, 0.2) is 0 Å². The van der Waals surface area contributed by atoms with Gasteiger partial charge in [-0.15, -0.1) is 12.3 Å². The summed E-state index contributed by atoms with van der Waals surface area (Å²) in [5, 5.41) is -0.276. The third-order valence-corrected chi connectivity index (χ3v) is 1.70. The van der Waals surface area contributed by atoms with Crippen LogP contribution >= 0.6 is 11.6 Å². The first kappa shape index (κ1) is 10.5. The SMILES string of the molecule is C#CC(C)CC(C)CC(=O)Cl. The van der Waals surface area contributed by atoms with Crippen LogP contribution in [0.3, 0.4) is 0 Å². The molecule has 0 amide bonds. The Morgan fingerprint density at radius 1 is 1.64 bits per heavy atom. The summed E-state index contributed by atoms with van der Waals surface area (Å²) < 4.78 is 0. The molecule has 0 radical (unpaired) electrons. The maximum Gasteiger partial charge on any atom is 0.221 e. The fourth-order valence-electron chi connectivity index (χ4n) is 1.03. The van der Waals surface area contributed by atoms with Gasteiger partial charge < -0.3 is 0 Å². The molecule has 0 heterocycles. The van der Waals surface area contributed by atoms with Crippen molar-refractivity contribution in [3.63, 3.8) is 0 Å². The van der Waals surface area contributed by atoms with Gasteiger partial charge in [0.2, 0.25) is 5.24 Å². The summed E-state index contributed by atoms with van der Waals surface area (Å²) in [6.07, 6.45) is 6.48. The first-order valence-corrected chi connectivity index (χ1v) is 4.08. The third kappa shape index (κ3) is 5.94. The molecular weight excluding hydrogens is 160 g/mol. The molecule has 0 saturated heterocycles. The van der Waals surface area contributed by atoms with Crippen LogP contribution in [0.1, 0.15) is 26.7 Å². The number of hydrogen-bond donors (Lipinski definition) is 0. The van der Waals surface area contributed by atoms with Crippen LogP contribution in [0.5, 0.6) is 0 Å². The van der Waals surface area contributed by atoms with Gasteiger partial charge in [0.25, 0.3) is 0 Å². The lowest BCUT2D eigenvalue weighted by Gasteiger charge is -2.09. The van der Waals surface area contributed by atoms with Gasteiger partial charge in [-0.1, -0.05) is 13.8 Å². The topological polar surface area (TPSA) is 17.1 Å². The molecule has 0 rings (SSSR count). The molecule has 0 aromatic carbocycles. The van der Waals surface area contributed by atoms with E-state index in [1.54, 1.807) is 0 Å². The Bertz CT molecular complexity index is 169. The van der Waals surface area contributed by atoms with Gasteiger partial charge in [-0.3, -0.25) is 4.79 Å². The molecule has 2 atom stereocenters. The minimum absolute atomic E-state index is 0.237. The second-order valence-corrected chi connectivity index (χ2v) is 3.39. The molecule has 0 aromatic rings. The lowest BCUT2D eigenvalue weighted by Crippen LogP contribution is -2.04. The van der Waals surface area contributed by atoms with E-state index in [0.717, 1.165) is 6.42 Å². The van der Waals surface area contributed by atoms with E-state index >= 15 is 0 Å². The van der Waals surface area contributed by atoms with Crippen molar-refractivity contribution < 1.29 is 4.79 Å². The molecule has 1 nitrogen and oxygen atoms in total. The van der Waals surface area contributed by atoms with Crippen LogP contribution in [0.25, 0.3) is 0 Å². The summed E-state index contributed by atoms with van der Waals surface area (Å²) >= 11 is 5.21. The van der Waals surface area contributed by atoms with Crippen LogP contribution in [0.4, 0.5) is 0 Å². The molecule has 0 aliphatic rings. The quantitative estimate of drug-likeness (QED) is 0.470. The molecule has 0 fully saturated rings. The average molecular weight is 173 g/mol. The summed E-state index contributed by atoms with van der Waals surface area (Å²) in [4.78, 5) is 10.4. The number of rotatable bonds is 4. The molecule has 11 heavy (non-hydrogen) atoms. The van der Waals surface area contributed by atoms with Crippen molar-refractivity contribution in [2.75, 3.05) is 0 Å². The third-order valence-electron chi connectivity index (χ3n) is 1.55. The normalized spacial score (nSPS) is 15.1. The number of hydrogen-bond acceptors (Lipinski definition) is 1. The Kier molecular flexibility index (Phi) is 4.98. The monoisotopic (exact) mass is 172 g/mol. The number of halogens is 1. The van der Waals surface area contributed by atoms with Crippen molar-refractivity contribution in [3.05, 3.63) is 0 Å². The Morgan fingerprint density at radius 2 is 2.18 bits per heavy atom. The standard InChI is InChI=1S/C9H13ClO/c1-4-7(2)5-8(3)6-9(10)11/h1,7-8H,5-6H2,2-3H3. The minimum Gasteiger partial charge on any atom is -0.281 e. The van der Waals surface area contributed by atoms with E-state index in [1.807, 2.05) is 13.8 Å². The second-order valence-electron chi connectivity index (χ2n) is 2.97. The molecule has 0 spiro atoms. The summed E-state index contributed by atoms with van der Waals surface area (Å²) in [6.45, 7) is 3.95. The minimum atomic E-state index is -0.276. The van der Waals surface area contributed by atoms with Crippen molar-refractivity contribution in [3.8, 4) is 12.3 Å². The van der Waals surface area contributed by atoms with Crippen LogP contribution in [-0.2, 0) is 4.79 Å². The summed E-state index contributed by atoms with van der Waals surface area (Å²) in [7, 11) is 0. The van der Waals surface area contributed by atoms with E-state index < -0.39 is 0 Å². The zero-order chi connectivity index (χ0) is 8.85. The molecule has 0 aromatic heterocycles. The van der Waals surface area contributed by atoms with E-state index in [9.17, 15) is 4.79 Å². The fraction of sp³-hybridized carbons (Fsp3) is 0.667. The van der Waals surface area contributed by atoms with Crippen LogP contribution in [-0.4, -0.2) is 5.24 Å². The summed E-state index contributed by atoms with van der Waals surface area (Å²) in [5.74, 6) is 3.15. The highest BCUT2D eigenvalue weighted by atomic mass is 35.5. The maximum absolute atomic E-state index is 10.4. The van der Waals surface area contributed by atoms with Crippen LogP contribution in [0.15, 0.2) is 0 Å². The number of carbonyl (C=O) groups excluding carboxylic acids is 1. The fourth-order valence-corrected chi connectivity index (χ4v) is 1.29. The zero-order valence-electron chi connectivity index (χ0n) is 6.93. The van der Waals surface area contributed by atoms with Crippen molar-refractivity contribution in [2.45, 2.75) is 26.7 Å². The lowest BCUT2D eigenvalue weighted by atomic mass is 9.96. The van der Waals surface area contributed by atoms with E-state index in [2.05, 4.69) is 5.92 Å². The largest absolute Gasteiger partial charge is 0.281 e. The highest BCUT2D eigenvalue weighted by molar-refractivity contribution is 6.63. The highest BCUT2D eigenvalue weighted by Gasteiger charge is 2.09. The van der Waals surface area contributed by atoms with E-state index in [-0.39, 0.29) is 11.2 Å². The van der Waals surface area contributed by atoms with Crippen molar-refractivity contribution in [1.29, 1.82) is 0 Å².